The summed E-state index contributed by atoms with van der Waals surface area (Å²) in [6.07, 6.45) is 68.9. The molecule has 3 rings (SSSR count). The Bertz CT molecular complexity index is 2420. The fourth-order valence-electron chi connectivity index (χ4n) is 13.7. The van der Waals surface area contributed by atoms with Crippen LogP contribution in [0.2, 0.25) is 0 Å². The van der Waals surface area contributed by atoms with E-state index in [-0.39, 0.29) is 18.9 Å². The zero-order chi connectivity index (χ0) is 78.1. The topological polar surface area (TPSA) is 307 Å². The fourth-order valence-corrected chi connectivity index (χ4v) is 13.7. The molecule has 3 aliphatic heterocycles. The molecule has 0 saturated carbocycles. The third-order valence-corrected chi connectivity index (χ3v) is 20.5. The largest absolute Gasteiger partial charge is 0.394 e. The summed E-state index contributed by atoms with van der Waals surface area (Å²) in [5.74, 6) is -0.296. The molecular formula is C89H153NO18. The summed E-state index contributed by atoms with van der Waals surface area (Å²) < 4.78 is 34.5. The zero-order valence-corrected chi connectivity index (χ0v) is 66.8. The Morgan fingerprint density at radius 1 is 0.343 bits per heavy atom. The lowest BCUT2D eigenvalue weighted by molar-refractivity contribution is -0.379. The quantitative estimate of drug-likeness (QED) is 0.0199. The van der Waals surface area contributed by atoms with Gasteiger partial charge in [-0.05, 0) is 89.9 Å². The molecule has 19 heteroatoms. The van der Waals surface area contributed by atoms with E-state index >= 15 is 0 Å². The monoisotopic (exact) mass is 1520 g/mol. The summed E-state index contributed by atoms with van der Waals surface area (Å²) >= 11 is 0. The van der Waals surface area contributed by atoms with Crippen molar-refractivity contribution in [2.24, 2.45) is 0 Å². The maximum atomic E-state index is 13.5. The number of rotatable bonds is 67. The summed E-state index contributed by atoms with van der Waals surface area (Å²) in [5.41, 5.74) is 0. The van der Waals surface area contributed by atoms with Gasteiger partial charge >= 0.3 is 0 Å². The minimum Gasteiger partial charge on any atom is -0.394 e. The van der Waals surface area contributed by atoms with Gasteiger partial charge in [0.2, 0.25) is 5.91 Å². The van der Waals surface area contributed by atoms with Crippen LogP contribution in [0.1, 0.15) is 303 Å². The third-order valence-electron chi connectivity index (χ3n) is 20.5. The molecular weight excluding hydrogens is 1370 g/mol. The number of ether oxygens (including phenoxy) is 6. The van der Waals surface area contributed by atoms with Crippen molar-refractivity contribution in [2.75, 3.05) is 26.4 Å². The molecule has 0 bridgehead atoms. The lowest BCUT2D eigenvalue weighted by atomic mass is 9.96. The maximum absolute atomic E-state index is 13.5. The Hall–Kier alpha value is -3.81. The summed E-state index contributed by atoms with van der Waals surface area (Å²) in [6, 6.07) is -0.996. The minimum atomic E-state index is -1.99. The van der Waals surface area contributed by atoms with Crippen LogP contribution in [0.3, 0.4) is 0 Å². The van der Waals surface area contributed by atoms with Gasteiger partial charge in [-0.15, -0.1) is 0 Å². The second-order valence-corrected chi connectivity index (χ2v) is 29.9. The molecule has 0 aromatic heterocycles. The normalized spacial score (nSPS) is 26.0. The Morgan fingerprint density at radius 3 is 1.00 bits per heavy atom. The number of carbonyl (C=O) groups is 1. The molecule has 3 heterocycles. The van der Waals surface area contributed by atoms with Crippen LogP contribution in [0.15, 0.2) is 122 Å². The van der Waals surface area contributed by atoms with Gasteiger partial charge in [-0.3, -0.25) is 4.79 Å². The second-order valence-electron chi connectivity index (χ2n) is 29.9. The first-order valence-electron chi connectivity index (χ1n) is 42.8. The highest BCUT2D eigenvalue weighted by molar-refractivity contribution is 5.76. The van der Waals surface area contributed by atoms with Crippen LogP contribution in [-0.4, -0.2) is 193 Å². The van der Waals surface area contributed by atoms with Gasteiger partial charge in [-0.25, -0.2) is 0 Å². The first-order valence-corrected chi connectivity index (χ1v) is 42.8. The molecule has 17 atom stereocenters. The number of aliphatic hydroxyl groups is 11. The van der Waals surface area contributed by atoms with E-state index in [1.807, 2.05) is 6.08 Å². The lowest BCUT2D eigenvalue weighted by Gasteiger charge is -2.48. The van der Waals surface area contributed by atoms with E-state index in [0.29, 0.717) is 6.42 Å². The highest BCUT2D eigenvalue weighted by Gasteiger charge is 2.54. The first kappa shape index (κ1) is 98.4. The van der Waals surface area contributed by atoms with Gasteiger partial charge in [0.15, 0.2) is 18.9 Å². The van der Waals surface area contributed by atoms with E-state index < -0.39 is 124 Å². The molecule has 19 nitrogen and oxygen atoms in total. The molecule has 12 N–H and O–H groups in total. The van der Waals surface area contributed by atoms with E-state index in [1.54, 1.807) is 6.08 Å². The van der Waals surface area contributed by atoms with Crippen molar-refractivity contribution in [1.29, 1.82) is 0 Å². The number of allylic oxidation sites excluding steroid dienone is 19. The maximum Gasteiger partial charge on any atom is 0.220 e. The van der Waals surface area contributed by atoms with Crippen LogP contribution < -0.4 is 5.32 Å². The molecule has 3 saturated heterocycles. The third kappa shape index (κ3) is 46.4. The van der Waals surface area contributed by atoms with Gasteiger partial charge in [0.05, 0.1) is 38.6 Å². The van der Waals surface area contributed by atoms with Crippen LogP contribution in [0.4, 0.5) is 0 Å². The molecule has 0 aliphatic carbocycles. The average molecular weight is 1530 g/mol. The highest BCUT2D eigenvalue weighted by atomic mass is 16.8. The Kier molecular flexibility index (Phi) is 61.6. The number of hydrogen-bond acceptors (Lipinski definition) is 18. The van der Waals surface area contributed by atoms with Crippen LogP contribution in [0.25, 0.3) is 0 Å². The standard InChI is InChI=1S/C89H153NO18/c1-3-5-7-9-11-13-15-17-19-21-23-25-27-29-31-33-35-36-37-39-41-43-45-47-49-51-53-55-57-59-61-63-65-67-77(95)90-72(73(94)66-64-62-60-58-56-54-52-50-48-46-44-42-40-38-34-32-30-28-26-24-22-20-18-16-14-12-10-8-6-4-2)71-103-87-83(101)80(98)85(75(69-92)105-87)108-89-84(102)81(99)86(76(70-93)106-89)107-88-82(100)79(97)78(96)74(68-91)104-88/h5,7,11,13,17,19,23,25,29,31,35-36,39,41,45,47,51,53,64,66,72-76,78-89,91-94,96-102H,3-4,6,8-10,12,14-16,18,20-22,24,26-28,30,32-34,37-38,40,42-44,46,48-50,52,54-63,65,67-71H2,1-2H3,(H,90,95)/b7-5-,13-11-,19-17-,25-23-,31-29-,36-35-,41-39-,47-45-,53-51-,66-64+. The molecule has 0 aromatic rings. The molecule has 622 valence electrons. The van der Waals surface area contributed by atoms with E-state index in [1.165, 1.54) is 161 Å². The smallest absolute Gasteiger partial charge is 0.220 e. The highest BCUT2D eigenvalue weighted by Crippen LogP contribution is 2.33. The van der Waals surface area contributed by atoms with Crippen molar-refractivity contribution in [3.05, 3.63) is 122 Å². The molecule has 0 spiro atoms. The summed E-state index contributed by atoms with van der Waals surface area (Å²) in [5, 5.41) is 121. The Morgan fingerprint density at radius 2 is 0.639 bits per heavy atom. The number of carbonyl (C=O) groups excluding carboxylic acids is 1. The van der Waals surface area contributed by atoms with Gasteiger partial charge in [-0.1, -0.05) is 328 Å². The van der Waals surface area contributed by atoms with Gasteiger partial charge in [-0.2, -0.15) is 0 Å². The van der Waals surface area contributed by atoms with E-state index in [2.05, 4.69) is 129 Å². The number of amides is 1. The molecule has 108 heavy (non-hydrogen) atoms. The predicted molar refractivity (Wildman–Crippen MR) is 433 cm³/mol. The molecule has 3 fully saturated rings. The first-order chi connectivity index (χ1) is 52.8. The fraction of sp³-hybridized carbons (Fsp3) is 0.764. The number of aliphatic hydroxyl groups excluding tert-OH is 11. The minimum absolute atomic E-state index is 0.213. The van der Waals surface area contributed by atoms with Crippen molar-refractivity contribution in [2.45, 2.75) is 407 Å². The zero-order valence-electron chi connectivity index (χ0n) is 66.8. The van der Waals surface area contributed by atoms with Crippen molar-refractivity contribution >= 4 is 5.91 Å². The number of nitrogens with one attached hydrogen (secondary N) is 1. The molecule has 0 radical (unpaired) electrons. The molecule has 17 unspecified atom stereocenters. The summed E-state index contributed by atoms with van der Waals surface area (Å²) in [7, 11) is 0. The van der Waals surface area contributed by atoms with E-state index in [9.17, 15) is 61.0 Å². The number of unbranched alkanes of at least 4 members (excludes halogenated alkanes) is 33. The summed E-state index contributed by atoms with van der Waals surface area (Å²) in [6.45, 7) is 1.63. The van der Waals surface area contributed by atoms with Crippen LogP contribution >= 0.6 is 0 Å². The van der Waals surface area contributed by atoms with E-state index in [4.69, 9.17) is 28.4 Å². The number of hydrogen-bond donors (Lipinski definition) is 12. The Labute approximate surface area is 652 Å². The van der Waals surface area contributed by atoms with Crippen LogP contribution in [-0.2, 0) is 33.2 Å². The molecule has 3 aliphatic rings. The van der Waals surface area contributed by atoms with Crippen molar-refractivity contribution in [3.8, 4) is 0 Å². The van der Waals surface area contributed by atoms with Crippen molar-refractivity contribution in [1.82, 2.24) is 5.32 Å². The summed E-state index contributed by atoms with van der Waals surface area (Å²) in [4.78, 5) is 13.5. The predicted octanol–water partition coefficient (Wildman–Crippen LogP) is 15.5. The molecule has 0 aromatic carbocycles. The van der Waals surface area contributed by atoms with Gasteiger partial charge in [0.1, 0.15) is 73.2 Å². The molecule has 1 amide bonds. The van der Waals surface area contributed by atoms with Gasteiger partial charge < -0.3 is 89.9 Å². The van der Waals surface area contributed by atoms with Crippen LogP contribution in [0, 0.1) is 0 Å². The SMILES string of the molecule is CC/C=C\C/C=C\C/C=C\C/C=C\C/C=C\C/C=C\C/C=C\C/C=C\C/C=C\CCCCCCCC(=O)NC(COC1OC(CO)C(OC2OC(CO)C(OC3OC(CO)C(O)C(O)C3O)C(O)C2O)C(O)C1O)C(O)/C=C/CCCCCCCCCCCCCCCCCCCCCCCCCCCCCC. The lowest BCUT2D eigenvalue weighted by Crippen LogP contribution is -2.66. The van der Waals surface area contributed by atoms with Crippen LogP contribution in [0.5, 0.6) is 0 Å². The van der Waals surface area contributed by atoms with Crippen molar-refractivity contribution in [3.63, 3.8) is 0 Å². The second kappa shape index (κ2) is 67.7. The Balaban J connectivity index is 1.38. The average Bonchev–Trinajstić information content (AvgIpc) is 0.779. The van der Waals surface area contributed by atoms with E-state index in [0.717, 1.165) is 116 Å². The van der Waals surface area contributed by atoms with Crippen molar-refractivity contribution < 1.29 is 89.4 Å². The van der Waals surface area contributed by atoms with Gasteiger partial charge in [0.25, 0.3) is 0 Å². The van der Waals surface area contributed by atoms with Gasteiger partial charge in [0, 0.05) is 6.42 Å².